The number of nitrogens with one attached hydrogen (secondary N) is 1. The summed E-state index contributed by atoms with van der Waals surface area (Å²) in [6.45, 7) is 2.04. The van der Waals surface area contributed by atoms with Gasteiger partial charge in [-0.25, -0.2) is 0 Å². The Kier molecular flexibility index (Phi) is 2.97. The molecule has 1 N–H and O–H groups in total. The predicted octanol–water partition coefficient (Wildman–Crippen LogP) is 3.83. The van der Waals surface area contributed by atoms with Crippen LogP contribution in [0.25, 0.3) is 0 Å². The highest BCUT2D eigenvalue weighted by atomic mass is 15.0. The third-order valence-electron chi connectivity index (χ3n) is 3.71. The molecule has 1 fully saturated rings. The van der Waals surface area contributed by atoms with Crippen LogP contribution in [0, 0.1) is 18.3 Å². The van der Waals surface area contributed by atoms with Crippen molar-refractivity contribution < 1.29 is 0 Å². The maximum Gasteiger partial charge on any atom is 0.0991 e. The van der Waals surface area contributed by atoms with E-state index < -0.39 is 0 Å². The van der Waals surface area contributed by atoms with Gasteiger partial charge in [-0.2, -0.15) is 5.26 Å². The molecule has 0 radical (unpaired) electrons. The monoisotopic (exact) mass is 248 g/mol. The molecule has 2 atom stereocenters. The molecule has 1 saturated carbocycles. The van der Waals surface area contributed by atoms with Gasteiger partial charge < -0.3 is 5.32 Å². The Balaban J connectivity index is 1.70. The van der Waals surface area contributed by atoms with Gasteiger partial charge in [-0.3, -0.25) is 0 Å². The third-order valence-corrected chi connectivity index (χ3v) is 3.71. The Labute approximate surface area is 113 Å². The van der Waals surface area contributed by atoms with Gasteiger partial charge in [0, 0.05) is 17.6 Å². The van der Waals surface area contributed by atoms with Crippen LogP contribution < -0.4 is 5.32 Å². The second kappa shape index (κ2) is 4.78. The van der Waals surface area contributed by atoms with E-state index in [-0.39, 0.29) is 0 Å². The normalized spacial score (nSPS) is 20.6. The highest BCUT2D eigenvalue weighted by Gasteiger charge is 2.38. The van der Waals surface area contributed by atoms with E-state index >= 15 is 0 Å². The zero-order valence-corrected chi connectivity index (χ0v) is 10.9. The van der Waals surface area contributed by atoms with Crippen molar-refractivity contribution in [3.8, 4) is 6.07 Å². The van der Waals surface area contributed by atoms with E-state index in [1.54, 1.807) is 0 Å². The molecule has 2 heteroatoms. The van der Waals surface area contributed by atoms with Crippen molar-refractivity contribution in [3.63, 3.8) is 0 Å². The summed E-state index contributed by atoms with van der Waals surface area (Å²) in [4.78, 5) is 0. The lowest BCUT2D eigenvalue weighted by atomic mass is 10.1. The van der Waals surface area contributed by atoms with E-state index in [0.29, 0.717) is 12.0 Å². The second-order valence-corrected chi connectivity index (χ2v) is 5.15. The first-order valence-electron chi connectivity index (χ1n) is 6.60. The van der Waals surface area contributed by atoms with Crippen LogP contribution in [-0.4, -0.2) is 6.04 Å². The first kappa shape index (κ1) is 11.8. The molecule has 0 aliphatic heterocycles. The molecule has 2 nitrogen and oxygen atoms in total. The van der Waals surface area contributed by atoms with Gasteiger partial charge in [0.05, 0.1) is 11.6 Å². The van der Waals surface area contributed by atoms with Gasteiger partial charge >= 0.3 is 0 Å². The number of hydrogen-bond donors (Lipinski definition) is 1. The Morgan fingerprint density at radius 3 is 2.63 bits per heavy atom. The van der Waals surface area contributed by atoms with Crippen LogP contribution in [0.2, 0.25) is 0 Å². The van der Waals surface area contributed by atoms with Crippen LogP contribution in [0.3, 0.4) is 0 Å². The van der Waals surface area contributed by atoms with Gasteiger partial charge in [0.1, 0.15) is 0 Å². The molecule has 2 aromatic carbocycles. The van der Waals surface area contributed by atoms with E-state index in [1.165, 1.54) is 12.0 Å². The fourth-order valence-corrected chi connectivity index (χ4v) is 2.52. The van der Waals surface area contributed by atoms with Crippen molar-refractivity contribution in [1.82, 2.24) is 0 Å². The van der Waals surface area contributed by atoms with Crippen LogP contribution in [0.15, 0.2) is 48.5 Å². The van der Waals surface area contributed by atoms with Crippen LogP contribution in [0.1, 0.15) is 29.0 Å². The average molecular weight is 248 g/mol. The Hall–Kier alpha value is -2.27. The first-order chi connectivity index (χ1) is 9.28. The van der Waals surface area contributed by atoms with Crippen LogP contribution in [0.5, 0.6) is 0 Å². The Morgan fingerprint density at radius 2 is 1.95 bits per heavy atom. The molecule has 0 aromatic heterocycles. The standard InChI is InChI=1S/C17H16N2/c1-12-9-13(11-18)7-8-16(12)19-17-10-15(17)14-5-3-2-4-6-14/h2-9,15,17,19H,10H2,1H3. The Morgan fingerprint density at radius 1 is 1.16 bits per heavy atom. The number of rotatable bonds is 3. The quantitative estimate of drug-likeness (QED) is 0.896. The average Bonchev–Trinajstić information content (AvgIpc) is 3.21. The number of nitrogens with zero attached hydrogens (tertiary/aromatic N) is 1. The van der Waals surface area contributed by atoms with Crippen molar-refractivity contribution in [2.75, 3.05) is 5.32 Å². The molecule has 0 heterocycles. The molecule has 0 spiro atoms. The summed E-state index contributed by atoms with van der Waals surface area (Å²) >= 11 is 0. The summed E-state index contributed by atoms with van der Waals surface area (Å²) in [6, 6.07) is 19.1. The van der Waals surface area contributed by atoms with Crippen molar-refractivity contribution >= 4 is 5.69 Å². The third kappa shape index (κ3) is 2.46. The minimum absolute atomic E-state index is 0.522. The van der Waals surface area contributed by atoms with E-state index in [2.05, 4.69) is 41.7 Å². The van der Waals surface area contributed by atoms with Crippen LogP contribution in [0.4, 0.5) is 5.69 Å². The summed E-state index contributed by atoms with van der Waals surface area (Å²) in [5, 5.41) is 12.4. The number of anilines is 1. The SMILES string of the molecule is Cc1cc(C#N)ccc1NC1CC1c1ccccc1. The molecule has 2 unspecified atom stereocenters. The van der Waals surface area contributed by atoms with Crippen LogP contribution in [-0.2, 0) is 0 Å². The Bertz CT molecular complexity index is 625. The summed E-state index contributed by atoms with van der Waals surface area (Å²) in [7, 11) is 0. The molecular weight excluding hydrogens is 232 g/mol. The molecule has 3 rings (SSSR count). The molecule has 1 aliphatic rings. The molecule has 0 saturated heterocycles. The summed E-state index contributed by atoms with van der Waals surface area (Å²) in [5.41, 5.74) is 4.41. The van der Waals surface area contributed by atoms with Crippen molar-refractivity contribution in [3.05, 3.63) is 65.2 Å². The fourth-order valence-electron chi connectivity index (χ4n) is 2.52. The lowest BCUT2D eigenvalue weighted by Crippen LogP contribution is -2.05. The van der Waals surface area contributed by atoms with E-state index in [4.69, 9.17) is 5.26 Å². The predicted molar refractivity (Wildman–Crippen MR) is 77.1 cm³/mol. The summed E-state index contributed by atoms with van der Waals surface area (Å²) in [6.07, 6.45) is 1.18. The summed E-state index contributed by atoms with van der Waals surface area (Å²) < 4.78 is 0. The topological polar surface area (TPSA) is 35.8 Å². The maximum absolute atomic E-state index is 8.87. The second-order valence-electron chi connectivity index (χ2n) is 5.15. The minimum atomic E-state index is 0.522. The summed E-state index contributed by atoms with van der Waals surface area (Å²) in [5.74, 6) is 0.622. The minimum Gasteiger partial charge on any atom is -0.381 e. The van der Waals surface area contributed by atoms with E-state index in [9.17, 15) is 0 Å². The zero-order valence-electron chi connectivity index (χ0n) is 10.9. The molecule has 19 heavy (non-hydrogen) atoms. The first-order valence-corrected chi connectivity index (χ1v) is 6.60. The van der Waals surface area contributed by atoms with Crippen LogP contribution >= 0.6 is 0 Å². The lowest BCUT2D eigenvalue weighted by molar-refractivity contribution is 1.04. The van der Waals surface area contributed by atoms with Gasteiger partial charge in [-0.05, 0) is 42.7 Å². The smallest absolute Gasteiger partial charge is 0.0991 e. The van der Waals surface area contributed by atoms with Gasteiger partial charge in [0.15, 0.2) is 0 Å². The highest BCUT2D eigenvalue weighted by molar-refractivity contribution is 5.56. The van der Waals surface area contributed by atoms with Crippen molar-refractivity contribution in [1.29, 1.82) is 5.26 Å². The van der Waals surface area contributed by atoms with Gasteiger partial charge in [-0.15, -0.1) is 0 Å². The van der Waals surface area contributed by atoms with Crippen molar-refractivity contribution in [2.45, 2.75) is 25.3 Å². The molecule has 94 valence electrons. The molecular formula is C17H16N2. The number of nitriles is 1. The fraction of sp³-hybridized carbons (Fsp3) is 0.235. The molecule has 1 aliphatic carbocycles. The number of hydrogen-bond acceptors (Lipinski definition) is 2. The largest absolute Gasteiger partial charge is 0.381 e. The lowest BCUT2D eigenvalue weighted by Gasteiger charge is -2.09. The number of benzene rings is 2. The highest BCUT2D eigenvalue weighted by Crippen LogP contribution is 2.43. The van der Waals surface area contributed by atoms with E-state index in [0.717, 1.165) is 16.8 Å². The maximum atomic E-state index is 8.87. The van der Waals surface area contributed by atoms with Gasteiger partial charge in [0.2, 0.25) is 0 Å². The van der Waals surface area contributed by atoms with Gasteiger partial charge in [-0.1, -0.05) is 30.3 Å². The zero-order chi connectivity index (χ0) is 13.2. The van der Waals surface area contributed by atoms with Gasteiger partial charge in [0.25, 0.3) is 0 Å². The molecule has 2 aromatic rings. The molecule has 0 amide bonds. The molecule has 0 bridgehead atoms. The van der Waals surface area contributed by atoms with E-state index in [1.807, 2.05) is 25.1 Å². The van der Waals surface area contributed by atoms with Crippen molar-refractivity contribution in [2.24, 2.45) is 0 Å². The number of aryl methyl sites for hydroxylation is 1.